The van der Waals surface area contributed by atoms with Crippen molar-refractivity contribution < 1.29 is 24.5 Å². The lowest BCUT2D eigenvalue weighted by atomic mass is 10.2. The standard InChI is InChI=1S/C12H20N2O5/c1-2-3-5-19-6-4-13-12(18)14-8-9(15)7-10(14)11(16)17/h2,9-10,15H,1,3-8H2,(H,13,18)(H,16,17)/t9?,10-/m0/s1. The van der Waals surface area contributed by atoms with Gasteiger partial charge in [0.05, 0.1) is 19.3 Å². The number of hydrogen-bond acceptors (Lipinski definition) is 4. The fourth-order valence-corrected chi connectivity index (χ4v) is 1.87. The Hall–Kier alpha value is -1.60. The zero-order valence-corrected chi connectivity index (χ0v) is 10.7. The highest BCUT2D eigenvalue weighted by molar-refractivity contribution is 5.83. The SMILES string of the molecule is C=CCCOCCNC(=O)N1CC(O)C[C@H]1C(=O)O. The Morgan fingerprint density at radius 2 is 2.21 bits per heavy atom. The van der Waals surface area contributed by atoms with Gasteiger partial charge < -0.3 is 25.2 Å². The van der Waals surface area contributed by atoms with Crippen molar-refractivity contribution >= 4 is 12.0 Å². The summed E-state index contributed by atoms with van der Waals surface area (Å²) in [6, 6.07) is -1.45. The first-order chi connectivity index (χ1) is 9.06. The molecule has 1 heterocycles. The Balaban J connectivity index is 2.28. The molecule has 0 saturated carbocycles. The maximum atomic E-state index is 11.8. The van der Waals surface area contributed by atoms with Crippen LogP contribution in [0.2, 0.25) is 0 Å². The molecular formula is C12H20N2O5. The van der Waals surface area contributed by atoms with Gasteiger partial charge in [-0.05, 0) is 6.42 Å². The summed E-state index contributed by atoms with van der Waals surface area (Å²) in [5.41, 5.74) is 0. The molecule has 0 spiro atoms. The van der Waals surface area contributed by atoms with Gasteiger partial charge in [0.1, 0.15) is 6.04 Å². The van der Waals surface area contributed by atoms with Crippen LogP contribution in [-0.2, 0) is 9.53 Å². The molecule has 2 amide bonds. The molecule has 2 atom stereocenters. The number of amides is 2. The van der Waals surface area contributed by atoms with E-state index >= 15 is 0 Å². The lowest BCUT2D eigenvalue weighted by molar-refractivity contribution is -0.141. The van der Waals surface area contributed by atoms with Crippen LogP contribution >= 0.6 is 0 Å². The third-order valence-electron chi connectivity index (χ3n) is 2.81. The first kappa shape index (κ1) is 15.5. The number of nitrogens with zero attached hydrogens (tertiary/aromatic N) is 1. The second-order valence-corrected chi connectivity index (χ2v) is 4.32. The highest BCUT2D eigenvalue weighted by atomic mass is 16.5. The molecule has 7 heteroatoms. The number of aliphatic hydroxyl groups is 1. The first-order valence-electron chi connectivity index (χ1n) is 6.20. The molecule has 1 aliphatic rings. The first-order valence-corrected chi connectivity index (χ1v) is 6.20. The number of carbonyl (C=O) groups excluding carboxylic acids is 1. The van der Waals surface area contributed by atoms with Crippen molar-refractivity contribution in [3.05, 3.63) is 12.7 Å². The summed E-state index contributed by atoms with van der Waals surface area (Å²) in [6.45, 7) is 4.79. The minimum absolute atomic E-state index is 0.0418. The number of hydrogen-bond donors (Lipinski definition) is 3. The Labute approximate surface area is 111 Å². The number of likely N-dealkylation sites (tertiary alicyclic amines) is 1. The average Bonchev–Trinajstić information content (AvgIpc) is 2.76. The predicted molar refractivity (Wildman–Crippen MR) is 67.8 cm³/mol. The zero-order chi connectivity index (χ0) is 14.3. The molecule has 3 N–H and O–H groups in total. The Kier molecular flexibility index (Phi) is 6.31. The van der Waals surface area contributed by atoms with Crippen molar-refractivity contribution in [2.75, 3.05) is 26.3 Å². The zero-order valence-electron chi connectivity index (χ0n) is 10.7. The van der Waals surface area contributed by atoms with Crippen molar-refractivity contribution in [2.45, 2.75) is 25.0 Å². The number of rotatable bonds is 7. The average molecular weight is 272 g/mol. The van der Waals surface area contributed by atoms with Crippen molar-refractivity contribution in [3.8, 4) is 0 Å². The summed E-state index contributed by atoms with van der Waals surface area (Å²) in [4.78, 5) is 23.8. The molecule has 0 bridgehead atoms. The van der Waals surface area contributed by atoms with Crippen LogP contribution in [-0.4, -0.2) is 65.6 Å². The van der Waals surface area contributed by atoms with Gasteiger partial charge >= 0.3 is 12.0 Å². The Morgan fingerprint density at radius 3 is 2.84 bits per heavy atom. The van der Waals surface area contributed by atoms with Gasteiger partial charge in [-0.25, -0.2) is 9.59 Å². The van der Waals surface area contributed by atoms with Crippen LogP contribution in [0.1, 0.15) is 12.8 Å². The van der Waals surface area contributed by atoms with Crippen LogP contribution in [0.25, 0.3) is 0 Å². The van der Waals surface area contributed by atoms with Crippen LogP contribution in [0.3, 0.4) is 0 Å². The maximum absolute atomic E-state index is 11.8. The molecule has 1 fully saturated rings. The number of carbonyl (C=O) groups is 2. The van der Waals surface area contributed by atoms with E-state index in [1.165, 1.54) is 0 Å². The summed E-state index contributed by atoms with van der Waals surface area (Å²) in [6.07, 6.45) is 1.77. The molecule has 0 aliphatic carbocycles. The fourth-order valence-electron chi connectivity index (χ4n) is 1.87. The van der Waals surface area contributed by atoms with E-state index < -0.39 is 24.1 Å². The minimum Gasteiger partial charge on any atom is -0.480 e. The lowest BCUT2D eigenvalue weighted by Gasteiger charge is -2.21. The third-order valence-corrected chi connectivity index (χ3v) is 2.81. The van der Waals surface area contributed by atoms with Gasteiger partial charge in [-0.1, -0.05) is 6.08 Å². The smallest absolute Gasteiger partial charge is 0.326 e. The summed E-state index contributed by atoms with van der Waals surface area (Å²) in [7, 11) is 0. The van der Waals surface area contributed by atoms with Crippen LogP contribution in [0.5, 0.6) is 0 Å². The van der Waals surface area contributed by atoms with E-state index in [9.17, 15) is 14.7 Å². The summed E-state index contributed by atoms with van der Waals surface area (Å²) < 4.78 is 5.21. The lowest BCUT2D eigenvalue weighted by Crippen LogP contribution is -2.46. The number of aliphatic carboxylic acids is 1. The van der Waals surface area contributed by atoms with Crippen molar-refractivity contribution in [1.82, 2.24) is 10.2 Å². The topological polar surface area (TPSA) is 99.1 Å². The molecule has 0 radical (unpaired) electrons. The highest BCUT2D eigenvalue weighted by Crippen LogP contribution is 2.17. The number of carboxylic acids is 1. The number of nitrogens with one attached hydrogen (secondary N) is 1. The van der Waals surface area contributed by atoms with E-state index in [0.717, 1.165) is 11.3 Å². The van der Waals surface area contributed by atoms with E-state index in [1.54, 1.807) is 6.08 Å². The van der Waals surface area contributed by atoms with E-state index in [2.05, 4.69) is 11.9 Å². The van der Waals surface area contributed by atoms with Gasteiger partial charge in [0.15, 0.2) is 0 Å². The van der Waals surface area contributed by atoms with Gasteiger partial charge in [0, 0.05) is 19.5 Å². The molecular weight excluding hydrogens is 252 g/mol. The highest BCUT2D eigenvalue weighted by Gasteiger charge is 2.38. The maximum Gasteiger partial charge on any atom is 0.326 e. The number of β-amino-alcohol motifs (C(OH)–C–C–N with tert-alkyl or cyclic N) is 1. The fraction of sp³-hybridized carbons (Fsp3) is 0.667. The predicted octanol–water partition coefficient (Wildman–Crippen LogP) is -0.191. The summed E-state index contributed by atoms with van der Waals surface area (Å²) in [5.74, 6) is -1.10. The molecule has 108 valence electrons. The third kappa shape index (κ3) is 4.88. The van der Waals surface area contributed by atoms with Gasteiger partial charge in [-0.3, -0.25) is 0 Å². The second kappa shape index (κ2) is 7.75. The molecule has 0 aromatic heterocycles. The van der Waals surface area contributed by atoms with Crippen LogP contribution in [0.4, 0.5) is 4.79 Å². The van der Waals surface area contributed by atoms with Gasteiger partial charge in [0.2, 0.25) is 0 Å². The van der Waals surface area contributed by atoms with Crippen molar-refractivity contribution in [1.29, 1.82) is 0 Å². The Morgan fingerprint density at radius 1 is 1.47 bits per heavy atom. The normalized spacial score (nSPS) is 22.3. The molecule has 1 unspecified atom stereocenters. The molecule has 0 aromatic rings. The molecule has 19 heavy (non-hydrogen) atoms. The van der Waals surface area contributed by atoms with Crippen molar-refractivity contribution in [2.24, 2.45) is 0 Å². The molecule has 1 rings (SSSR count). The number of ether oxygens (including phenoxy) is 1. The van der Waals surface area contributed by atoms with E-state index in [1.807, 2.05) is 0 Å². The van der Waals surface area contributed by atoms with Crippen LogP contribution in [0.15, 0.2) is 12.7 Å². The van der Waals surface area contributed by atoms with E-state index in [-0.39, 0.29) is 13.0 Å². The number of carboxylic acid groups (broad SMARTS) is 1. The van der Waals surface area contributed by atoms with E-state index in [4.69, 9.17) is 9.84 Å². The summed E-state index contributed by atoms with van der Waals surface area (Å²) >= 11 is 0. The van der Waals surface area contributed by atoms with E-state index in [0.29, 0.717) is 19.8 Å². The van der Waals surface area contributed by atoms with Crippen LogP contribution < -0.4 is 5.32 Å². The number of aliphatic hydroxyl groups excluding tert-OH is 1. The van der Waals surface area contributed by atoms with Crippen LogP contribution in [0, 0.1) is 0 Å². The molecule has 7 nitrogen and oxygen atoms in total. The molecule has 1 saturated heterocycles. The minimum atomic E-state index is -1.10. The largest absolute Gasteiger partial charge is 0.480 e. The summed E-state index contributed by atoms with van der Waals surface area (Å²) in [5, 5.41) is 20.9. The molecule has 0 aromatic carbocycles. The Bertz CT molecular complexity index is 334. The van der Waals surface area contributed by atoms with Gasteiger partial charge in [-0.15, -0.1) is 6.58 Å². The number of urea groups is 1. The quantitative estimate of drug-likeness (QED) is 0.440. The van der Waals surface area contributed by atoms with Crippen molar-refractivity contribution in [3.63, 3.8) is 0 Å². The monoisotopic (exact) mass is 272 g/mol. The molecule has 1 aliphatic heterocycles. The van der Waals surface area contributed by atoms with Gasteiger partial charge in [-0.2, -0.15) is 0 Å². The van der Waals surface area contributed by atoms with Gasteiger partial charge in [0.25, 0.3) is 0 Å². The second-order valence-electron chi connectivity index (χ2n) is 4.32.